The standard InChI is InChI=1S/C21H23N3O/c1-5-16-6-12-19(13-7-16)24-21(25)20(15(2)22-24)14-17-8-10-18(11-9-17)23(3)4/h6-14H,5H2,1-4H3/b20-14+. The molecule has 128 valence electrons. The largest absolute Gasteiger partial charge is 0.378 e. The Balaban J connectivity index is 1.86. The predicted molar refractivity (Wildman–Crippen MR) is 105 cm³/mol. The van der Waals surface area contributed by atoms with Gasteiger partial charge in [-0.25, -0.2) is 0 Å². The molecule has 0 fully saturated rings. The molecule has 4 heteroatoms. The maximum atomic E-state index is 12.8. The van der Waals surface area contributed by atoms with E-state index in [-0.39, 0.29) is 5.91 Å². The van der Waals surface area contributed by atoms with Crippen LogP contribution >= 0.6 is 0 Å². The molecule has 25 heavy (non-hydrogen) atoms. The Morgan fingerprint density at radius 1 is 1.04 bits per heavy atom. The van der Waals surface area contributed by atoms with Crippen LogP contribution in [0.4, 0.5) is 11.4 Å². The maximum Gasteiger partial charge on any atom is 0.280 e. The Hall–Kier alpha value is -2.88. The van der Waals surface area contributed by atoms with E-state index >= 15 is 0 Å². The van der Waals surface area contributed by atoms with Crippen LogP contribution in [0.3, 0.4) is 0 Å². The van der Waals surface area contributed by atoms with Crippen LogP contribution in [0.2, 0.25) is 0 Å². The van der Waals surface area contributed by atoms with Crippen LogP contribution in [-0.2, 0) is 11.2 Å². The smallest absolute Gasteiger partial charge is 0.280 e. The van der Waals surface area contributed by atoms with Gasteiger partial charge in [-0.2, -0.15) is 10.1 Å². The van der Waals surface area contributed by atoms with Crippen LogP contribution in [0.1, 0.15) is 25.0 Å². The number of nitrogens with zero attached hydrogens (tertiary/aromatic N) is 3. The van der Waals surface area contributed by atoms with Crippen molar-refractivity contribution in [1.29, 1.82) is 0 Å². The van der Waals surface area contributed by atoms with Crippen LogP contribution in [0.5, 0.6) is 0 Å². The number of amides is 1. The fourth-order valence-corrected chi connectivity index (χ4v) is 2.77. The van der Waals surface area contributed by atoms with Crippen molar-refractivity contribution in [3.05, 3.63) is 65.2 Å². The second kappa shape index (κ2) is 6.93. The topological polar surface area (TPSA) is 35.9 Å². The van der Waals surface area contributed by atoms with E-state index in [2.05, 4.69) is 12.0 Å². The summed E-state index contributed by atoms with van der Waals surface area (Å²) in [7, 11) is 4.01. The molecule has 1 heterocycles. The second-order valence-corrected chi connectivity index (χ2v) is 6.37. The summed E-state index contributed by atoms with van der Waals surface area (Å²) in [6.07, 6.45) is 2.88. The van der Waals surface area contributed by atoms with E-state index < -0.39 is 0 Å². The molecule has 0 saturated carbocycles. The predicted octanol–water partition coefficient (Wildman–Crippen LogP) is 4.12. The Bertz CT molecular complexity index is 830. The molecule has 2 aromatic rings. The lowest BCUT2D eigenvalue weighted by Crippen LogP contribution is -2.21. The maximum absolute atomic E-state index is 12.8. The van der Waals surface area contributed by atoms with Gasteiger partial charge in [0.05, 0.1) is 17.0 Å². The molecule has 3 rings (SSSR count). The highest BCUT2D eigenvalue weighted by Gasteiger charge is 2.28. The summed E-state index contributed by atoms with van der Waals surface area (Å²) in [6, 6.07) is 16.1. The van der Waals surface area contributed by atoms with Crippen molar-refractivity contribution in [2.75, 3.05) is 24.0 Å². The number of anilines is 2. The Morgan fingerprint density at radius 2 is 1.68 bits per heavy atom. The zero-order valence-electron chi connectivity index (χ0n) is 15.2. The van der Waals surface area contributed by atoms with Crippen molar-refractivity contribution in [2.24, 2.45) is 5.10 Å². The molecular weight excluding hydrogens is 310 g/mol. The molecule has 1 amide bonds. The molecular formula is C21H23N3O. The lowest BCUT2D eigenvalue weighted by Gasteiger charge is -2.13. The van der Waals surface area contributed by atoms with Gasteiger partial charge < -0.3 is 4.90 Å². The normalized spacial score (nSPS) is 15.7. The number of hydrogen-bond acceptors (Lipinski definition) is 3. The third kappa shape index (κ3) is 3.48. The van der Waals surface area contributed by atoms with Gasteiger partial charge in [0.25, 0.3) is 5.91 Å². The van der Waals surface area contributed by atoms with Crippen molar-refractivity contribution < 1.29 is 4.79 Å². The van der Waals surface area contributed by atoms with E-state index in [0.717, 1.165) is 29.1 Å². The summed E-state index contributed by atoms with van der Waals surface area (Å²) in [5, 5.41) is 5.92. The van der Waals surface area contributed by atoms with Gasteiger partial charge in [0.15, 0.2) is 0 Å². The molecule has 0 bridgehead atoms. The van der Waals surface area contributed by atoms with Crippen LogP contribution in [0, 0.1) is 0 Å². The van der Waals surface area contributed by atoms with Crippen molar-refractivity contribution in [1.82, 2.24) is 0 Å². The van der Waals surface area contributed by atoms with Crippen molar-refractivity contribution in [3.8, 4) is 0 Å². The summed E-state index contributed by atoms with van der Waals surface area (Å²) < 4.78 is 0. The summed E-state index contributed by atoms with van der Waals surface area (Å²) in [5.41, 5.74) is 5.54. The summed E-state index contributed by atoms with van der Waals surface area (Å²) in [4.78, 5) is 14.8. The van der Waals surface area contributed by atoms with Gasteiger partial charge in [-0.15, -0.1) is 0 Å². The second-order valence-electron chi connectivity index (χ2n) is 6.37. The first-order valence-corrected chi connectivity index (χ1v) is 8.47. The van der Waals surface area contributed by atoms with Gasteiger partial charge in [0.2, 0.25) is 0 Å². The fraction of sp³-hybridized carbons (Fsp3) is 0.238. The number of hydrazone groups is 1. The van der Waals surface area contributed by atoms with Crippen molar-refractivity contribution >= 4 is 29.1 Å². The van der Waals surface area contributed by atoms with Gasteiger partial charge in [-0.05, 0) is 54.8 Å². The Kier molecular flexibility index (Phi) is 4.70. The van der Waals surface area contributed by atoms with Gasteiger partial charge in [0, 0.05) is 19.8 Å². The number of aryl methyl sites for hydroxylation is 1. The summed E-state index contributed by atoms with van der Waals surface area (Å²) >= 11 is 0. The molecule has 2 aromatic carbocycles. The monoisotopic (exact) mass is 333 g/mol. The van der Waals surface area contributed by atoms with Crippen LogP contribution in [0.25, 0.3) is 6.08 Å². The van der Waals surface area contributed by atoms with E-state index in [9.17, 15) is 4.79 Å². The van der Waals surface area contributed by atoms with E-state index in [1.165, 1.54) is 10.6 Å². The van der Waals surface area contributed by atoms with Crippen LogP contribution in [0.15, 0.2) is 59.2 Å². The molecule has 1 aliphatic rings. The van der Waals surface area contributed by atoms with E-state index in [1.807, 2.05) is 80.5 Å². The highest BCUT2D eigenvalue weighted by molar-refractivity contribution is 6.32. The molecule has 0 unspecified atom stereocenters. The lowest BCUT2D eigenvalue weighted by atomic mass is 10.1. The minimum absolute atomic E-state index is 0.0848. The highest BCUT2D eigenvalue weighted by atomic mass is 16.2. The number of benzene rings is 2. The van der Waals surface area contributed by atoms with Gasteiger partial charge in [0.1, 0.15) is 0 Å². The number of carbonyl (C=O) groups excluding carboxylic acids is 1. The van der Waals surface area contributed by atoms with Crippen molar-refractivity contribution in [3.63, 3.8) is 0 Å². The lowest BCUT2D eigenvalue weighted by molar-refractivity contribution is -0.114. The highest BCUT2D eigenvalue weighted by Crippen LogP contribution is 2.25. The zero-order valence-corrected chi connectivity index (χ0v) is 15.2. The zero-order chi connectivity index (χ0) is 18.0. The molecule has 1 aliphatic heterocycles. The van der Waals surface area contributed by atoms with E-state index in [1.54, 1.807) is 0 Å². The fourth-order valence-electron chi connectivity index (χ4n) is 2.77. The third-order valence-corrected chi connectivity index (χ3v) is 4.37. The molecule has 0 atom stereocenters. The molecule has 0 radical (unpaired) electrons. The van der Waals surface area contributed by atoms with E-state index in [4.69, 9.17) is 0 Å². The van der Waals surface area contributed by atoms with Gasteiger partial charge in [-0.1, -0.05) is 31.2 Å². The number of hydrogen-bond donors (Lipinski definition) is 0. The quantitative estimate of drug-likeness (QED) is 0.789. The third-order valence-electron chi connectivity index (χ3n) is 4.37. The molecule has 0 saturated heterocycles. The Morgan fingerprint density at radius 3 is 2.24 bits per heavy atom. The summed E-state index contributed by atoms with van der Waals surface area (Å²) in [6.45, 7) is 3.99. The summed E-state index contributed by atoms with van der Waals surface area (Å²) in [5.74, 6) is -0.0848. The number of carbonyl (C=O) groups is 1. The van der Waals surface area contributed by atoms with Crippen molar-refractivity contribution in [2.45, 2.75) is 20.3 Å². The first kappa shape index (κ1) is 17.0. The minimum atomic E-state index is -0.0848. The number of rotatable bonds is 4. The van der Waals surface area contributed by atoms with Gasteiger partial charge in [-0.3, -0.25) is 4.79 Å². The van der Waals surface area contributed by atoms with Crippen LogP contribution < -0.4 is 9.91 Å². The van der Waals surface area contributed by atoms with Crippen LogP contribution in [-0.4, -0.2) is 25.7 Å². The molecule has 4 nitrogen and oxygen atoms in total. The van der Waals surface area contributed by atoms with E-state index in [0.29, 0.717) is 5.57 Å². The average Bonchev–Trinajstić information content (AvgIpc) is 2.90. The first-order valence-electron chi connectivity index (χ1n) is 8.47. The Labute approximate surface area is 149 Å². The van der Waals surface area contributed by atoms with Gasteiger partial charge >= 0.3 is 0 Å². The molecule has 0 aliphatic carbocycles. The minimum Gasteiger partial charge on any atom is -0.378 e. The molecule has 0 spiro atoms. The molecule has 0 aromatic heterocycles. The average molecular weight is 333 g/mol. The molecule has 0 N–H and O–H groups in total. The SMILES string of the molecule is CCc1ccc(N2N=C(C)/C(=C\c3ccc(N(C)C)cc3)C2=O)cc1. The first-order chi connectivity index (χ1) is 12.0.